The summed E-state index contributed by atoms with van der Waals surface area (Å²) in [6.07, 6.45) is 1.75. The van der Waals surface area contributed by atoms with E-state index in [4.69, 9.17) is 10.5 Å². The first kappa shape index (κ1) is 10.4. The minimum atomic E-state index is -0.504. The van der Waals surface area contributed by atoms with Gasteiger partial charge < -0.3 is 10.5 Å². The van der Waals surface area contributed by atoms with Gasteiger partial charge in [-0.25, -0.2) is 0 Å². The SMILES string of the molecule is CCC(CC)OC(=O)C(C)N. The number of carbonyl (C=O) groups is 1. The summed E-state index contributed by atoms with van der Waals surface area (Å²) < 4.78 is 5.05. The molecule has 0 rings (SSSR count). The molecule has 2 N–H and O–H groups in total. The fraction of sp³-hybridized carbons (Fsp3) is 0.875. The third-order valence-corrected chi connectivity index (χ3v) is 1.57. The lowest BCUT2D eigenvalue weighted by molar-refractivity contribution is -0.150. The van der Waals surface area contributed by atoms with Crippen LogP contribution in [0.15, 0.2) is 0 Å². The summed E-state index contributed by atoms with van der Waals surface area (Å²) in [7, 11) is 0. The molecule has 0 aromatic heterocycles. The third-order valence-electron chi connectivity index (χ3n) is 1.57. The monoisotopic (exact) mass is 159 g/mol. The Hall–Kier alpha value is -0.570. The number of hydrogen-bond donors (Lipinski definition) is 1. The van der Waals surface area contributed by atoms with Crippen molar-refractivity contribution in [3.63, 3.8) is 0 Å². The van der Waals surface area contributed by atoms with Gasteiger partial charge >= 0.3 is 5.97 Å². The zero-order valence-electron chi connectivity index (χ0n) is 7.46. The highest BCUT2D eigenvalue weighted by Crippen LogP contribution is 2.03. The summed E-state index contributed by atoms with van der Waals surface area (Å²) in [4.78, 5) is 10.9. The number of ether oxygens (including phenoxy) is 1. The van der Waals surface area contributed by atoms with Crippen LogP contribution in [0.3, 0.4) is 0 Å². The van der Waals surface area contributed by atoms with Crippen molar-refractivity contribution in [1.82, 2.24) is 0 Å². The van der Waals surface area contributed by atoms with Crippen LogP contribution >= 0.6 is 0 Å². The Morgan fingerprint density at radius 2 is 1.91 bits per heavy atom. The summed E-state index contributed by atoms with van der Waals surface area (Å²) in [5.74, 6) is -0.307. The predicted octanol–water partition coefficient (Wildman–Crippen LogP) is 1.07. The number of hydrogen-bond acceptors (Lipinski definition) is 3. The summed E-state index contributed by atoms with van der Waals surface area (Å²) in [6, 6.07) is -0.504. The Morgan fingerprint density at radius 3 is 2.18 bits per heavy atom. The van der Waals surface area contributed by atoms with Crippen LogP contribution in [-0.2, 0) is 9.53 Å². The van der Waals surface area contributed by atoms with Gasteiger partial charge in [0.1, 0.15) is 12.1 Å². The van der Waals surface area contributed by atoms with Crippen LogP contribution in [0.2, 0.25) is 0 Å². The maximum Gasteiger partial charge on any atom is 0.322 e. The molecule has 0 saturated carbocycles. The van der Waals surface area contributed by atoms with Crippen LogP contribution in [0, 0.1) is 0 Å². The first-order valence-electron chi connectivity index (χ1n) is 4.07. The smallest absolute Gasteiger partial charge is 0.322 e. The molecular formula is C8H17NO2. The minimum absolute atomic E-state index is 0.0356. The van der Waals surface area contributed by atoms with Crippen molar-refractivity contribution >= 4 is 5.97 Å². The second kappa shape index (κ2) is 5.13. The Morgan fingerprint density at radius 1 is 1.45 bits per heavy atom. The Labute approximate surface area is 67.9 Å². The van der Waals surface area contributed by atoms with Crippen LogP contribution in [0.25, 0.3) is 0 Å². The maximum atomic E-state index is 10.9. The molecule has 0 aliphatic rings. The van der Waals surface area contributed by atoms with Crippen LogP contribution < -0.4 is 5.73 Å². The quantitative estimate of drug-likeness (QED) is 0.624. The molecular weight excluding hydrogens is 142 g/mol. The highest BCUT2D eigenvalue weighted by atomic mass is 16.5. The molecule has 0 fully saturated rings. The second-order valence-corrected chi connectivity index (χ2v) is 2.66. The van der Waals surface area contributed by atoms with E-state index in [-0.39, 0.29) is 12.1 Å². The second-order valence-electron chi connectivity index (χ2n) is 2.66. The molecule has 11 heavy (non-hydrogen) atoms. The van der Waals surface area contributed by atoms with Crippen molar-refractivity contribution in [2.75, 3.05) is 0 Å². The molecule has 0 bridgehead atoms. The Balaban J connectivity index is 3.72. The fourth-order valence-corrected chi connectivity index (χ4v) is 0.727. The molecule has 0 saturated heterocycles. The third kappa shape index (κ3) is 3.98. The van der Waals surface area contributed by atoms with Gasteiger partial charge in [-0.2, -0.15) is 0 Å². The highest BCUT2D eigenvalue weighted by Gasteiger charge is 2.13. The highest BCUT2D eigenvalue weighted by molar-refractivity contribution is 5.75. The number of nitrogens with two attached hydrogens (primary N) is 1. The zero-order chi connectivity index (χ0) is 8.85. The van der Waals surface area contributed by atoms with E-state index in [1.54, 1.807) is 6.92 Å². The molecule has 0 aliphatic heterocycles. The van der Waals surface area contributed by atoms with Gasteiger partial charge in [-0.1, -0.05) is 13.8 Å². The first-order valence-corrected chi connectivity index (χ1v) is 4.07. The topological polar surface area (TPSA) is 52.3 Å². The molecule has 0 heterocycles. The summed E-state index contributed by atoms with van der Waals surface area (Å²) in [5, 5.41) is 0. The molecule has 0 aromatic carbocycles. The van der Waals surface area contributed by atoms with E-state index in [9.17, 15) is 4.79 Å². The summed E-state index contributed by atoms with van der Waals surface area (Å²) >= 11 is 0. The molecule has 3 heteroatoms. The molecule has 3 nitrogen and oxygen atoms in total. The lowest BCUT2D eigenvalue weighted by atomic mass is 10.2. The van der Waals surface area contributed by atoms with Crippen molar-refractivity contribution in [3.05, 3.63) is 0 Å². The summed E-state index contributed by atoms with van der Waals surface area (Å²) in [5.41, 5.74) is 5.32. The molecule has 1 atom stereocenters. The van der Waals surface area contributed by atoms with Gasteiger partial charge in [0.15, 0.2) is 0 Å². The van der Waals surface area contributed by atoms with Gasteiger partial charge in [-0.15, -0.1) is 0 Å². The average molecular weight is 159 g/mol. The largest absolute Gasteiger partial charge is 0.461 e. The van der Waals surface area contributed by atoms with Crippen LogP contribution in [0.4, 0.5) is 0 Å². The van der Waals surface area contributed by atoms with Crippen molar-refractivity contribution < 1.29 is 9.53 Å². The molecule has 0 amide bonds. The van der Waals surface area contributed by atoms with E-state index in [1.165, 1.54) is 0 Å². The van der Waals surface area contributed by atoms with Gasteiger partial charge in [-0.05, 0) is 19.8 Å². The van der Waals surface area contributed by atoms with E-state index >= 15 is 0 Å². The molecule has 1 unspecified atom stereocenters. The van der Waals surface area contributed by atoms with Crippen LogP contribution in [0.5, 0.6) is 0 Å². The van der Waals surface area contributed by atoms with E-state index in [0.717, 1.165) is 12.8 Å². The van der Waals surface area contributed by atoms with Crippen molar-refractivity contribution in [3.8, 4) is 0 Å². The Kier molecular flexibility index (Phi) is 4.86. The standard InChI is InChI=1S/C8H17NO2/c1-4-7(5-2)11-8(10)6(3)9/h6-7H,4-5,9H2,1-3H3. The first-order chi connectivity index (χ1) is 5.11. The number of esters is 1. The molecule has 0 spiro atoms. The maximum absolute atomic E-state index is 10.9. The molecule has 0 radical (unpaired) electrons. The number of carbonyl (C=O) groups excluding carboxylic acids is 1. The lowest BCUT2D eigenvalue weighted by Gasteiger charge is -2.15. The van der Waals surface area contributed by atoms with Crippen molar-refractivity contribution in [1.29, 1.82) is 0 Å². The molecule has 66 valence electrons. The molecule has 0 aromatic rings. The van der Waals surface area contributed by atoms with Gasteiger partial charge in [-0.3, -0.25) is 4.79 Å². The van der Waals surface area contributed by atoms with E-state index in [0.29, 0.717) is 0 Å². The van der Waals surface area contributed by atoms with Crippen LogP contribution in [0.1, 0.15) is 33.6 Å². The normalized spacial score (nSPS) is 13.2. The summed E-state index contributed by atoms with van der Waals surface area (Å²) in [6.45, 7) is 5.61. The minimum Gasteiger partial charge on any atom is -0.461 e. The van der Waals surface area contributed by atoms with Crippen LogP contribution in [-0.4, -0.2) is 18.1 Å². The molecule has 0 aliphatic carbocycles. The van der Waals surface area contributed by atoms with Gasteiger partial charge in [0, 0.05) is 0 Å². The Bertz CT molecular complexity index is 119. The fourth-order valence-electron chi connectivity index (χ4n) is 0.727. The van der Waals surface area contributed by atoms with E-state index < -0.39 is 6.04 Å². The van der Waals surface area contributed by atoms with E-state index in [2.05, 4.69) is 0 Å². The lowest BCUT2D eigenvalue weighted by Crippen LogP contribution is -2.31. The van der Waals surface area contributed by atoms with Crippen molar-refractivity contribution in [2.45, 2.75) is 45.8 Å². The van der Waals surface area contributed by atoms with Gasteiger partial charge in [0.05, 0.1) is 0 Å². The van der Waals surface area contributed by atoms with Gasteiger partial charge in [0.2, 0.25) is 0 Å². The number of rotatable bonds is 4. The predicted molar refractivity (Wildman–Crippen MR) is 44.1 cm³/mol. The van der Waals surface area contributed by atoms with E-state index in [1.807, 2.05) is 13.8 Å². The zero-order valence-corrected chi connectivity index (χ0v) is 7.46. The average Bonchev–Trinajstić information content (AvgIpc) is 1.99. The van der Waals surface area contributed by atoms with Gasteiger partial charge in [0.25, 0.3) is 0 Å². The van der Waals surface area contributed by atoms with Crippen molar-refractivity contribution in [2.24, 2.45) is 5.73 Å².